The molecule has 1 aliphatic heterocycles. The van der Waals surface area contributed by atoms with Gasteiger partial charge < -0.3 is 14.2 Å². The van der Waals surface area contributed by atoms with Crippen LogP contribution in [0.25, 0.3) is 0 Å². The number of Topliss-reactive ketones (excluding diaryl/α,β-unsaturated/α-hetero) is 1. The molecular formula is C19H16F3NO7S. The summed E-state index contributed by atoms with van der Waals surface area (Å²) in [6, 6.07) is 7.67. The number of carbonyl (C=O) groups excluding carboxylic acids is 2. The summed E-state index contributed by atoms with van der Waals surface area (Å²) in [6.07, 6.45) is -5.12. The van der Waals surface area contributed by atoms with Crippen LogP contribution in [0, 0.1) is 0 Å². The van der Waals surface area contributed by atoms with Gasteiger partial charge in [-0.15, -0.1) is 0 Å². The van der Waals surface area contributed by atoms with E-state index in [-0.39, 0.29) is 12.4 Å². The van der Waals surface area contributed by atoms with Crippen LogP contribution in [-0.2, 0) is 25.7 Å². The minimum Gasteiger partial charge on any atom is -0.457 e. The zero-order valence-electron chi connectivity index (χ0n) is 15.8. The Kier molecular flexibility index (Phi) is 6.51. The van der Waals surface area contributed by atoms with Gasteiger partial charge in [0.25, 0.3) is 0 Å². The molecule has 1 N–H and O–H groups in total. The lowest BCUT2D eigenvalue weighted by Gasteiger charge is -2.10. The highest BCUT2D eigenvalue weighted by Gasteiger charge is 2.31. The summed E-state index contributed by atoms with van der Waals surface area (Å²) in [7, 11) is -4.27. The van der Waals surface area contributed by atoms with E-state index in [2.05, 4.69) is 0 Å². The predicted molar refractivity (Wildman–Crippen MR) is 99.1 cm³/mol. The van der Waals surface area contributed by atoms with E-state index in [0.29, 0.717) is 17.6 Å². The fourth-order valence-corrected chi connectivity index (χ4v) is 3.66. The Balaban J connectivity index is 1.48. The van der Waals surface area contributed by atoms with Gasteiger partial charge in [0.15, 0.2) is 23.9 Å². The first-order chi connectivity index (χ1) is 14.6. The second-order valence-corrected chi connectivity index (χ2v) is 8.09. The maximum atomic E-state index is 12.7. The van der Waals surface area contributed by atoms with Gasteiger partial charge in [-0.25, -0.2) is 13.1 Å². The van der Waals surface area contributed by atoms with E-state index in [1.54, 1.807) is 6.07 Å². The van der Waals surface area contributed by atoms with E-state index in [9.17, 15) is 31.2 Å². The zero-order valence-corrected chi connectivity index (χ0v) is 16.6. The third-order valence-corrected chi connectivity index (χ3v) is 5.61. The SMILES string of the molecule is O=C(CCNS(=O)(=O)c1cccc(C(F)(F)F)c1)OCC(=O)c1ccc2c(c1)OCO2. The lowest BCUT2D eigenvalue weighted by molar-refractivity contribution is -0.142. The zero-order chi connectivity index (χ0) is 22.6. The summed E-state index contributed by atoms with van der Waals surface area (Å²) in [5.41, 5.74) is -0.876. The topological polar surface area (TPSA) is 108 Å². The van der Waals surface area contributed by atoms with Crippen molar-refractivity contribution in [1.82, 2.24) is 4.72 Å². The molecule has 1 aliphatic rings. The number of esters is 1. The standard InChI is InChI=1S/C19H16F3NO7S/c20-19(21,22)13-2-1-3-14(9-13)31(26,27)23-7-6-18(25)28-10-15(24)12-4-5-16-17(8-12)30-11-29-16/h1-5,8-9,23H,6-7,10-11H2. The highest BCUT2D eigenvalue weighted by Crippen LogP contribution is 2.32. The highest BCUT2D eigenvalue weighted by molar-refractivity contribution is 7.89. The molecule has 0 spiro atoms. The summed E-state index contributed by atoms with van der Waals surface area (Å²) in [4.78, 5) is 23.3. The normalized spacial score (nSPS) is 13.1. The average Bonchev–Trinajstić information content (AvgIpc) is 3.19. The molecular weight excluding hydrogens is 443 g/mol. The number of hydrogen-bond acceptors (Lipinski definition) is 7. The van der Waals surface area contributed by atoms with Gasteiger partial charge in [0.05, 0.1) is 16.9 Å². The van der Waals surface area contributed by atoms with Gasteiger partial charge in [-0.2, -0.15) is 13.2 Å². The van der Waals surface area contributed by atoms with Gasteiger partial charge in [0.1, 0.15) is 0 Å². The van der Waals surface area contributed by atoms with E-state index in [1.807, 2.05) is 4.72 Å². The molecule has 1 heterocycles. The third kappa shape index (κ3) is 5.73. The van der Waals surface area contributed by atoms with Gasteiger partial charge in [-0.1, -0.05) is 6.07 Å². The molecule has 0 aliphatic carbocycles. The number of fused-ring (bicyclic) bond motifs is 1. The van der Waals surface area contributed by atoms with Gasteiger partial charge in [0.2, 0.25) is 16.8 Å². The molecule has 0 radical (unpaired) electrons. The van der Waals surface area contributed by atoms with Crippen LogP contribution >= 0.6 is 0 Å². The smallest absolute Gasteiger partial charge is 0.416 e. The molecule has 3 rings (SSSR count). The summed E-state index contributed by atoms with van der Waals surface area (Å²) in [5, 5.41) is 0. The number of sulfonamides is 1. The molecule has 8 nitrogen and oxygen atoms in total. The number of nitrogens with one attached hydrogen (secondary N) is 1. The molecule has 0 bridgehead atoms. The van der Waals surface area contributed by atoms with E-state index in [1.165, 1.54) is 12.1 Å². The maximum Gasteiger partial charge on any atom is 0.416 e. The fourth-order valence-electron chi connectivity index (χ4n) is 2.58. The number of ether oxygens (including phenoxy) is 3. The lowest BCUT2D eigenvalue weighted by atomic mass is 10.1. The Morgan fingerprint density at radius 1 is 1.06 bits per heavy atom. The quantitative estimate of drug-likeness (QED) is 0.477. The van der Waals surface area contributed by atoms with Crippen LogP contribution in [0.1, 0.15) is 22.3 Å². The van der Waals surface area contributed by atoms with Crippen LogP contribution in [0.3, 0.4) is 0 Å². The van der Waals surface area contributed by atoms with E-state index in [4.69, 9.17) is 14.2 Å². The van der Waals surface area contributed by atoms with Crippen LogP contribution in [0.15, 0.2) is 47.4 Å². The van der Waals surface area contributed by atoms with Crippen molar-refractivity contribution in [2.24, 2.45) is 0 Å². The molecule has 31 heavy (non-hydrogen) atoms. The molecule has 166 valence electrons. The van der Waals surface area contributed by atoms with Crippen molar-refractivity contribution < 1.29 is 45.4 Å². The third-order valence-electron chi connectivity index (χ3n) is 4.15. The van der Waals surface area contributed by atoms with Crippen molar-refractivity contribution in [2.45, 2.75) is 17.5 Å². The molecule has 0 fully saturated rings. The van der Waals surface area contributed by atoms with Crippen molar-refractivity contribution in [3.8, 4) is 11.5 Å². The molecule has 0 saturated carbocycles. The first kappa shape index (κ1) is 22.6. The van der Waals surface area contributed by atoms with Crippen molar-refractivity contribution in [3.05, 3.63) is 53.6 Å². The number of benzene rings is 2. The fraction of sp³-hybridized carbons (Fsp3) is 0.263. The second-order valence-electron chi connectivity index (χ2n) is 6.33. The summed E-state index contributed by atoms with van der Waals surface area (Å²) in [5.74, 6) is -0.486. The number of ketones is 1. The van der Waals surface area contributed by atoms with Crippen molar-refractivity contribution >= 4 is 21.8 Å². The molecule has 0 unspecified atom stereocenters. The maximum absolute atomic E-state index is 12.7. The van der Waals surface area contributed by atoms with Crippen LogP contribution in [0.5, 0.6) is 11.5 Å². The van der Waals surface area contributed by atoms with Crippen molar-refractivity contribution in [1.29, 1.82) is 0 Å². The Labute approximate surface area is 175 Å². The van der Waals surface area contributed by atoms with Gasteiger partial charge in [-0.05, 0) is 36.4 Å². The summed E-state index contributed by atoms with van der Waals surface area (Å²) >= 11 is 0. The number of rotatable bonds is 8. The van der Waals surface area contributed by atoms with E-state index in [0.717, 1.165) is 18.2 Å². The Morgan fingerprint density at radius 3 is 2.55 bits per heavy atom. The van der Waals surface area contributed by atoms with Crippen LogP contribution < -0.4 is 14.2 Å². The Bertz CT molecular complexity index is 1100. The predicted octanol–water partition coefficient (Wildman–Crippen LogP) is 2.53. The van der Waals surface area contributed by atoms with Gasteiger partial charge >= 0.3 is 12.1 Å². The number of carbonyl (C=O) groups is 2. The van der Waals surface area contributed by atoms with Gasteiger partial charge in [-0.3, -0.25) is 9.59 Å². The number of alkyl halides is 3. The molecule has 12 heteroatoms. The second kappa shape index (κ2) is 8.94. The monoisotopic (exact) mass is 459 g/mol. The van der Waals surface area contributed by atoms with Crippen molar-refractivity contribution in [3.63, 3.8) is 0 Å². The lowest BCUT2D eigenvalue weighted by Crippen LogP contribution is -2.27. The first-order valence-electron chi connectivity index (χ1n) is 8.82. The minimum absolute atomic E-state index is 0.0400. The highest BCUT2D eigenvalue weighted by atomic mass is 32.2. The Morgan fingerprint density at radius 2 is 1.81 bits per heavy atom. The summed E-state index contributed by atoms with van der Waals surface area (Å²) < 4.78 is 79.6. The van der Waals surface area contributed by atoms with Crippen LogP contribution in [0.4, 0.5) is 13.2 Å². The molecule has 2 aromatic rings. The van der Waals surface area contributed by atoms with Crippen LogP contribution in [0.2, 0.25) is 0 Å². The number of hydrogen-bond donors (Lipinski definition) is 1. The van der Waals surface area contributed by atoms with E-state index >= 15 is 0 Å². The minimum atomic E-state index is -4.69. The molecule has 0 aromatic heterocycles. The molecule has 2 aromatic carbocycles. The van der Waals surface area contributed by atoms with Crippen molar-refractivity contribution in [2.75, 3.05) is 19.9 Å². The molecule has 0 amide bonds. The van der Waals surface area contributed by atoms with Gasteiger partial charge in [0, 0.05) is 12.1 Å². The average molecular weight is 459 g/mol. The largest absolute Gasteiger partial charge is 0.457 e. The number of halogens is 3. The van der Waals surface area contributed by atoms with E-state index < -0.39 is 58.0 Å². The molecule has 0 atom stereocenters. The molecule has 0 saturated heterocycles. The van der Waals surface area contributed by atoms with Crippen LogP contribution in [-0.4, -0.2) is 40.1 Å². The Hall–Kier alpha value is -3.12. The first-order valence-corrected chi connectivity index (χ1v) is 10.3. The summed E-state index contributed by atoms with van der Waals surface area (Å²) in [6.45, 7) is -0.952.